The summed E-state index contributed by atoms with van der Waals surface area (Å²) in [5, 5.41) is 1.38. The topological polar surface area (TPSA) is 84.0 Å². The van der Waals surface area contributed by atoms with Crippen LogP contribution in [0.5, 0.6) is 0 Å². The number of likely N-dealkylation sites (N-methyl/N-ethyl adjacent to an activating group) is 1. The lowest BCUT2D eigenvalue weighted by Crippen LogP contribution is -2.39. The van der Waals surface area contributed by atoms with Gasteiger partial charge in [-0.1, -0.05) is 24.3 Å². The second-order valence-corrected chi connectivity index (χ2v) is 7.84. The minimum atomic E-state index is -3.83. The fraction of sp³-hybridized carbons (Fsp3) is 0.294. The maximum absolute atomic E-state index is 12.8. The molecule has 0 unspecified atom stereocenters. The molecule has 2 aromatic rings. The lowest BCUT2D eigenvalue weighted by Gasteiger charge is -2.21. The zero-order valence-electron chi connectivity index (χ0n) is 14.1. The summed E-state index contributed by atoms with van der Waals surface area (Å²) in [5.41, 5.74) is 0.441. The third-order valence-electron chi connectivity index (χ3n) is 4.05. The number of benzene rings is 2. The van der Waals surface area contributed by atoms with E-state index in [4.69, 9.17) is 4.74 Å². The van der Waals surface area contributed by atoms with E-state index in [1.54, 1.807) is 32.3 Å². The van der Waals surface area contributed by atoms with Gasteiger partial charge in [0.05, 0.1) is 10.6 Å². The summed E-state index contributed by atoms with van der Waals surface area (Å²) in [5.74, 6) is -1.15. The predicted molar refractivity (Wildman–Crippen MR) is 92.7 cm³/mol. The highest BCUT2D eigenvalue weighted by molar-refractivity contribution is 7.93. The van der Waals surface area contributed by atoms with E-state index in [-0.39, 0.29) is 10.8 Å². The second-order valence-electron chi connectivity index (χ2n) is 6.01. The lowest BCUT2D eigenvalue weighted by molar-refractivity contribution is -0.156. The van der Waals surface area contributed by atoms with Crippen molar-refractivity contribution in [2.45, 2.75) is 17.9 Å². The van der Waals surface area contributed by atoms with Crippen molar-refractivity contribution < 1.29 is 22.7 Å². The van der Waals surface area contributed by atoms with Gasteiger partial charge in [0.25, 0.3) is 15.9 Å². The average Bonchev–Trinajstić information content (AvgIpc) is 2.77. The number of esters is 1. The van der Waals surface area contributed by atoms with Crippen LogP contribution in [0.15, 0.2) is 41.3 Å². The molecule has 132 valence electrons. The van der Waals surface area contributed by atoms with Gasteiger partial charge in [-0.3, -0.25) is 13.9 Å². The summed E-state index contributed by atoms with van der Waals surface area (Å²) < 4.78 is 31.7. The molecule has 0 bridgehead atoms. The van der Waals surface area contributed by atoms with Gasteiger partial charge < -0.3 is 9.64 Å². The van der Waals surface area contributed by atoms with Crippen molar-refractivity contribution in [3.63, 3.8) is 0 Å². The molecule has 0 spiro atoms. The van der Waals surface area contributed by atoms with E-state index in [0.29, 0.717) is 11.1 Å². The summed E-state index contributed by atoms with van der Waals surface area (Å²) in [6.07, 6.45) is -0.981. The van der Waals surface area contributed by atoms with Crippen molar-refractivity contribution >= 4 is 38.4 Å². The number of anilines is 1. The second kappa shape index (κ2) is 6.03. The Hall–Kier alpha value is -2.61. The third-order valence-corrected chi connectivity index (χ3v) is 5.85. The molecule has 3 rings (SSSR count). The number of carbonyl (C=O) groups is 2. The van der Waals surface area contributed by atoms with Crippen molar-refractivity contribution in [3.8, 4) is 0 Å². The van der Waals surface area contributed by atoms with Crippen LogP contribution in [0.3, 0.4) is 0 Å². The Labute approximate surface area is 145 Å². The van der Waals surface area contributed by atoms with Gasteiger partial charge in [0.2, 0.25) is 0 Å². The highest BCUT2D eigenvalue weighted by Crippen LogP contribution is 2.41. The van der Waals surface area contributed by atoms with Crippen molar-refractivity contribution in [1.29, 1.82) is 0 Å². The number of sulfonamides is 1. The fourth-order valence-electron chi connectivity index (χ4n) is 2.89. The van der Waals surface area contributed by atoms with Crippen molar-refractivity contribution in [3.05, 3.63) is 36.4 Å². The molecule has 0 saturated carbocycles. The van der Waals surface area contributed by atoms with Crippen LogP contribution >= 0.6 is 0 Å². The maximum Gasteiger partial charge on any atom is 0.327 e. The lowest BCUT2D eigenvalue weighted by atomic mass is 10.1. The zero-order valence-corrected chi connectivity index (χ0v) is 14.9. The molecule has 8 heteroatoms. The Morgan fingerprint density at radius 2 is 1.80 bits per heavy atom. The number of hydrogen-bond acceptors (Lipinski definition) is 5. The van der Waals surface area contributed by atoms with Gasteiger partial charge in [0.15, 0.2) is 6.10 Å². The molecule has 0 saturated heterocycles. The molecule has 0 radical (unpaired) electrons. The molecule has 1 aliphatic heterocycles. The number of rotatable bonds is 4. The summed E-state index contributed by atoms with van der Waals surface area (Å²) in [4.78, 5) is 25.5. The summed E-state index contributed by atoms with van der Waals surface area (Å²) in [6.45, 7) is 0.968. The Morgan fingerprint density at radius 3 is 2.44 bits per heavy atom. The van der Waals surface area contributed by atoms with E-state index in [9.17, 15) is 18.0 Å². The monoisotopic (exact) mass is 362 g/mol. The predicted octanol–water partition coefficient (Wildman–Crippen LogP) is 1.37. The van der Waals surface area contributed by atoms with E-state index in [0.717, 1.165) is 9.69 Å². The van der Waals surface area contributed by atoms with Crippen LogP contribution in [0.1, 0.15) is 6.92 Å². The first-order valence-corrected chi connectivity index (χ1v) is 9.12. The van der Waals surface area contributed by atoms with Crippen LogP contribution in [0.4, 0.5) is 5.69 Å². The fourth-order valence-corrected chi connectivity index (χ4v) is 4.55. The molecule has 0 N–H and O–H groups in total. The van der Waals surface area contributed by atoms with Crippen LogP contribution in [0, 0.1) is 0 Å². The molecular weight excluding hydrogens is 344 g/mol. The standard InChI is InChI=1S/C17H18N2O5S/c1-11(17(21)18(2)3)24-15(20)10-19-13-8-4-6-12-7-5-9-14(16(12)13)25(19,22)23/h4-9,11H,10H2,1-3H3/t11-/m0/s1. The highest BCUT2D eigenvalue weighted by atomic mass is 32.2. The smallest absolute Gasteiger partial charge is 0.327 e. The van der Waals surface area contributed by atoms with Crippen molar-refractivity contribution in [2.75, 3.05) is 24.9 Å². The van der Waals surface area contributed by atoms with Crippen molar-refractivity contribution in [2.24, 2.45) is 0 Å². The number of hydrogen-bond donors (Lipinski definition) is 0. The van der Waals surface area contributed by atoms with Gasteiger partial charge in [-0.25, -0.2) is 8.42 Å². The van der Waals surface area contributed by atoms with Crippen LogP contribution < -0.4 is 4.31 Å². The van der Waals surface area contributed by atoms with Gasteiger partial charge in [0, 0.05) is 19.5 Å². The largest absolute Gasteiger partial charge is 0.451 e. The van der Waals surface area contributed by atoms with Crippen molar-refractivity contribution in [1.82, 2.24) is 4.90 Å². The Kier molecular flexibility index (Phi) is 4.16. The molecular formula is C17H18N2O5S. The molecule has 0 aliphatic carbocycles. The van der Waals surface area contributed by atoms with E-state index >= 15 is 0 Å². The van der Waals surface area contributed by atoms with E-state index < -0.39 is 28.6 Å². The minimum absolute atomic E-state index is 0.172. The molecule has 7 nitrogen and oxygen atoms in total. The average molecular weight is 362 g/mol. The molecule has 1 aliphatic rings. The Bertz CT molecular complexity index is 963. The zero-order chi connectivity index (χ0) is 18.4. The van der Waals surface area contributed by atoms with Crippen LogP contribution in [-0.4, -0.2) is 51.9 Å². The SMILES string of the molecule is C[C@H](OC(=O)CN1c2cccc3cccc(c23)S1(=O)=O)C(=O)N(C)C. The summed E-state index contributed by atoms with van der Waals surface area (Å²) >= 11 is 0. The normalized spacial score (nSPS) is 15.9. The summed E-state index contributed by atoms with van der Waals surface area (Å²) in [6, 6.07) is 10.2. The Morgan fingerprint density at radius 1 is 1.16 bits per heavy atom. The van der Waals surface area contributed by atoms with Gasteiger partial charge in [-0.15, -0.1) is 0 Å². The van der Waals surface area contributed by atoms with Gasteiger partial charge in [-0.05, 0) is 24.4 Å². The first kappa shape index (κ1) is 17.2. The third kappa shape index (κ3) is 2.82. The van der Waals surface area contributed by atoms with Gasteiger partial charge in [0.1, 0.15) is 6.54 Å². The minimum Gasteiger partial charge on any atom is -0.451 e. The Balaban J connectivity index is 1.88. The van der Waals surface area contributed by atoms with Crippen LogP contribution in [0.2, 0.25) is 0 Å². The number of amides is 1. The van der Waals surface area contributed by atoms with E-state index in [2.05, 4.69) is 0 Å². The van der Waals surface area contributed by atoms with Crippen LogP contribution in [-0.2, 0) is 24.3 Å². The molecule has 2 aromatic carbocycles. The highest BCUT2D eigenvalue weighted by Gasteiger charge is 2.37. The number of ether oxygens (including phenoxy) is 1. The molecule has 1 atom stereocenters. The molecule has 1 heterocycles. The van der Waals surface area contributed by atoms with Crippen LogP contribution in [0.25, 0.3) is 10.8 Å². The quantitative estimate of drug-likeness (QED) is 0.767. The summed E-state index contributed by atoms with van der Waals surface area (Å²) in [7, 11) is -0.728. The van der Waals surface area contributed by atoms with Gasteiger partial charge in [-0.2, -0.15) is 0 Å². The molecule has 0 fully saturated rings. The molecule has 0 aromatic heterocycles. The van der Waals surface area contributed by atoms with E-state index in [1.165, 1.54) is 17.9 Å². The molecule has 1 amide bonds. The van der Waals surface area contributed by atoms with Gasteiger partial charge >= 0.3 is 5.97 Å². The molecule has 25 heavy (non-hydrogen) atoms. The first-order chi connectivity index (χ1) is 11.7. The van der Waals surface area contributed by atoms with E-state index in [1.807, 2.05) is 12.1 Å². The maximum atomic E-state index is 12.8. The first-order valence-electron chi connectivity index (χ1n) is 7.68. The number of nitrogens with zero attached hydrogens (tertiary/aromatic N) is 2. The number of carbonyl (C=O) groups excluding carboxylic acids is 2.